The molecule has 0 heterocycles. The van der Waals surface area contributed by atoms with Gasteiger partial charge in [0.2, 0.25) is 0 Å². The Bertz CT molecular complexity index is 546. The van der Waals surface area contributed by atoms with Crippen LogP contribution in [0.4, 0.5) is 4.79 Å². The third-order valence-corrected chi connectivity index (χ3v) is 4.14. The van der Waals surface area contributed by atoms with Crippen LogP contribution in [0.15, 0.2) is 30.3 Å². The molecule has 0 spiro atoms. The van der Waals surface area contributed by atoms with Crippen LogP contribution in [0.25, 0.3) is 0 Å². The lowest BCUT2D eigenvalue weighted by molar-refractivity contribution is -0.140. The van der Waals surface area contributed by atoms with Crippen LogP contribution in [0.1, 0.15) is 51.5 Å². The van der Waals surface area contributed by atoms with Gasteiger partial charge in [0.1, 0.15) is 11.6 Å². The van der Waals surface area contributed by atoms with Gasteiger partial charge in [-0.05, 0) is 45.1 Å². The summed E-state index contributed by atoms with van der Waals surface area (Å²) < 4.78 is 5.22. The maximum atomic E-state index is 12.0. The molecule has 2 atom stereocenters. The highest BCUT2D eigenvalue weighted by Crippen LogP contribution is 2.41. The number of aliphatic carboxylic acids is 1. The van der Waals surface area contributed by atoms with Crippen molar-refractivity contribution in [1.29, 1.82) is 0 Å². The second-order valence-electron chi connectivity index (χ2n) is 7.09. The summed E-state index contributed by atoms with van der Waals surface area (Å²) >= 11 is 0. The molecule has 0 radical (unpaired) electrons. The predicted octanol–water partition coefficient (Wildman–Crippen LogP) is 3.55. The fraction of sp³-hybridized carbons (Fsp3) is 0.556. The number of carboxylic acids is 1. The molecule has 0 aliphatic heterocycles. The first-order chi connectivity index (χ1) is 10.8. The lowest BCUT2D eigenvalue weighted by Gasteiger charge is -2.37. The van der Waals surface area contributed by atoms with Gasteiger partial charge in [-0.2, -0.15) is 0 Å². The smallest absolute Gasteiger partial charge is 0.408 e. The molecule has 5 nitrogen and oxygen atoms in total. The highest BCUT2D eigenvalue weighted by molar-refractivity contribution is 5.81. The predicted molar refractivity (Wildman–Crippen MR) is 87.3 cm³/mol. The van der Waals surface area contributed by atoms with E-state index in [1.54, 1.807) is 20.8 Å². The summed E-state index contributed by atoms with van der Waals surface area (Å²) in [6.07, 6.45) is 2.39. The van der Waals surface area contributed by atoms with Crippen LogP contribution in [0.5, 0.6) is 0 Å². The number of carbonyl (C=O) groups is 2. The first-order valence-corrected chi connectivity index (χ1v) is 8.05. The molecule has 1 aromatic rings. The van der Waals surface area contributed by atoms with Crippen LogP contribution in [0, 0.1) is 5.92 Å². The summed E-state index contributed by atoms with van der Waals surface area (Å²) in [7, 11) is 0. The Morgan fingerprint density at radius 2 is 1.83 bits per heavy atom. The van der Waals surface area contributed by atoms with Gasteiger partial charge in [-0.25, -0.2) is 9.59 Å². The molecule has 2 N–H and O–H groups in total. The monoisotopic (exact) mass is 319 g/mol. The fourth-order valence-corrected chi connectivity index (χ4v) is 2.95. The van der Waals surface area contributed by atoms with Gasteiger partial charge < -0.3 is 15.2 Å². The molecule has 23 heavy (non-hydrogen) atoms. The summed E-state index contributed by atoms with van der Waals surface area (Å²) in [6.45, 7) is 5.26. The molecule has 0 bridgehead atoms. The minimum Gasteiger partial charge on any atom is -0.480 e. The van der Waals surface area contributed by atoms with Gasteiger partial charge in [0.15, 0.2) is 0 Å². The van der Waals surface area contributed by atoms with Gasteiger partial charge in [0, 0.05) is 5.92 Å². The van der Waals surface area contributed by atoms with Crippen molar-refractivity contribution in [3.8, 4) is 0 Å². The van der Waals surface area contributed by atoms with E-state index in [4.69, 9.17) is 4.74 Å². The largest absolute Gasteiger partial charge is 0.480 e. The number of hydrogen-bond donors (Lipinski definition) is 2. The molecular weight excluding hydrogens is 294 g/mol. The zero-order valence-electron chi connectivity index (χ0n) is 13.9. The Hall–Kier alpha value is -2.04. The number of carbonyl (C=O) groups excluding carboxylic acids is 1. The molecule has 126 valence electrons. The standard InChI is InChI=1S/C18H25NO4/c1-18(2,3)23-17(22)19-15(16(20)21)14(13-10-7-11-13)12-8-5-4-6-9-12/h4-6,8-9,13-15H,7,10-11H2,1-3H3,(H,19,22)(H,20,21). The van der Waals surface area contributed by atoms with E-state index in [0.29, 0.717) is 0 Å². The number of ether oxygens (including phenoxy) is 1. The molecule has 0 aromatic heterocycles. The van der Waals surface area contributed by atoms with Crippen molar-refractivity contribution < 1.29 is 19.4 Å². The zero-order chi connectivity index (χ0) is 17.0. The summed E-state index contributed by atoms with van der Waals surface area (Å²) in [5.74, 6) is -1.000. The maximum absolute atomic E-state index is 12.0. The Kier molecular flexibility index (Phi) is 5.29. The minimum atomic E-state index is -1.03. The van der Waals surface area contributed by atoms with Crippen molar-refractivity contribution in [3.63, 3.8) is 0 Å². The fourth-order valence-electron chi connectivity index (χ4n) is 2.95. The van der Waals surface area contributed by atoms with Gasteiger partial charge in [-0.15, -0.1) is 0 Å². The van der Waals surface area contributed by atoms with Crippen LogP contribution in [-0.2, 0) is 9.53 Å². The van der Waals surface area contributed by atoms with Crippen LogP contribution in [0.3, 0.4) is 0 Å². The highest BCUT2D eigenvalue weighted by Gasteiger charge is 2.39. The van der Waals surface area contributed by atoms with Crippen molar-refractivity contribution in [1.82, 2.24) is 5.32 Å². The van der Waals surface area contributed by atoms with E-state index in [1.165, 1.54) is 0 Å². The molecule has 1 amide bonds. The number of hydrogen-bond acceptors (Lipinski definition) is 3. The summed E-state index contributed by atoms with van der Waals surface area (Å²) in [6, 6.07) is 8.56. The van der Waals surface area contributed by atoms with E-state index < -0.39 is 23.7 Å². The van der Waals surface area contributed by atoms with E-state index in [0.717, 1.165) is 24.8 Å². The number of benzene rings is 1. The van der Waals surface area contributed by atoms with Gasteiger partial charge in [0.05, 0.1) is 0 Å². The molecule has 1 fully saturated rings. The number of rotatable bonds is 5. The lowest BCUT2D eigenvalue weighted by Crippen LogP contribution is -2.49. The number of amides is 1. The maximum Gasteiger partial charge on any atom is 0.408 e. The molecule has 1 aliphatic rings. The summed E-state index contributed by atoms with van der Waals surface area (Å²) in [5.41, 5.74) is 0.284. The average Bonchev–Trinajstić information content (AvgIpc) is 2.39. The number of nitrogens with one attached hydrogen (secondary N) is 1. The van der Waals surface area contributed by atoms with E-state index in [2.05, 4.69) is 5.32 Å². The van der Waals surface area contributed by atoms with E-state index in [1.807, 2.05) is 30.3 Å². The third kappa shape index (κ3) is 4.71. The molecule has 1 aromatic carbocycles. The van der Waals surface area contributed by atoms with Gasteiger partial charge in [-0.3, -0.25) is 0 Å². The minimum absolute atomic E-state index is 0.241. The van der Waals surface area contributed by atoms with Crippen molar-refractivity contribution >= 4 is 12.1 Å². The lowest BCUT2D eigenvalue weighted by atomic mass is 9.70. The van der Waals surface area contributed by atoms with Gasteiger partial charge in [0.25, 0.3) is 0 Å². The van der Waals surface area contributed by atoms with Crippen LogP contribution in [-0.4, -0.2) is 28.8 Å². The molecular formula is C18H25NO4. The van der Waals surface area contributed by atoms with Crippen LogP contribution < -0.4 is 5.32 Å². The molecule has 2 unspecified atom stereocenters. The van der Waals surface area contributed by atoms with Gasteiger partial charge in [-0.1, -0.05) is 36.8 Å². The Morgan fingerprint density at radius 1 is 1.22 bits per heavy atom. The topological polar surface area (TPSA) is 75.6 Å². The number of carboxylic acid groups (broad SMARTS) is 1. The van der Waals surface area contributed by atoms with Crippen molar-refractivity contribution in [2.75, 3.05) is 0 Å². The SMILES string of the molecule is CC(C)(C)OC(=O)NC(C(=O)O)C(c1ccccc1)C1CCC1. The van der Waals surface area contributed by atoms with Crippen LogP contribution >= 0.6 is 0 Å². The first-order valence-electron chi connectivity index (χ1n) is 8.05. The van der Waals surface area contributed by atoms with E-state index >= 15 is 0 Å². The Morgan fingerprint density at radius 3 is 2.26 bits per heavy atom. The van der Waals surface area contributed by atoms with Crippen molar-refractivity contribution in [3.05, 3.63) is 35.9 Å². The highest BCUT2D eigenvalue weighted by atomic mass is 16.6. The van der Waals surface area contributed by atoms with Crippen molar-refractivity contribution in [2.45, 2.75) is 57.6 Å². The van der Waals surface area contributed by atoms with E-state index in [-0.39, 0.29) is 11.8 Å². The van der Waals surface area contributed by atoms with Crippen molar-refractivity contribution in [2.24, 2.45) is 5.92 Å². The summed E-state index contributed by atoms with van der Waals surface area (Å²) in [5, 5.41) is 12.2. The average molecular weight is 319 g/mol. The molecule has 5 heteroatoms. The Balaban J connectivity index is 2.21. The van der Waals surface area contributed by atoms with Crippen LogP contribution in [0.2, 0.25) is 0 Å². The molecule has 0 saturated heterocycles. The second-order valence-corrected chi connectivity index (χ2v) is 7.09. The number of alkyl carbamates (subject to hydrolysis) is 1. The first kappa shape index (κ1) is 17.3. The third-order valence-electron chi connectivity index (χ3n) is 4.14. The van der Waals surface area contributed by atoms with E-state index in [9.17, 15) is 14.7 Å². The molecule has 2 rings (SSSR count). The zero-order valence-corrected chi connectivity index (χ0v) is 13.9. The quantitative estimate of drug-likeness (QED) is 0.870. The second kappa shape index (κ2) is 7.02. The van der Waals surface area contributed by atoms with Gasteiger partial charge >= 0.3 is 12.1 Å². The molecule has 1 aliphatic carbocycles. The summed E-state index contributed by atoms with van der Waals surface area (Å²) in [4.78, 5) is 23.8. The molecule has 1 saturated carbocycles. The normalized spacial score (nSPS) is 17.7. The Labute approximate surface area is 137 Å².